The molecule has 0 saturated carbocycles. The zero-order chi connectivity index (χ0) is 10.8. The van der Waals surface area contributed by atoms with E-state index in [4.69, 9.17) is 5.73 Å². The number of nitrogens with two attached hydrogens (primary N) is 1. The van der Waals surface area contributed by atoms with Crippen molar-refractivity contribution in [3.05, 3.63) is 47.9 Å². The van der Waals surface area contributed by atoms with Gasteiger partial charge < -0.3 is 15.7 Å². The number of aryl methyl sites for hydroxylation is 1. The number of benzene rings is 1. The third kappa shape index (κ3) is 1.96. The fourth-order valence-electron chi connectivity index (χ4n) is 1.55. The Bertz CT molecular complexity index is 435. The number of nitrogens with zero attached hydrogens (tertiary/aromatic N) is 1. The zero-order valence-corrected chi connectivity index (χ0v) is 8.64. The molecule has 78 valence electrons. The molecule has 0 saturated heterocycles. The van der Waals surface area contributed by atoms with Crippen molar-refractivity contribution >= 4 is 11.4 Å². The summed E-state index contributed by atoms with van der Waals surface area (Å²) < 4.78 is 0. The van der Waals surface area contributed by atoms with Gasteiger partial charge in [-0.25, -0.2) is 0 Å². The van der Waals surface area contributed by atoms with E-state index in [-0.39, 0.29) is 0 Å². The minimum Gasteiger partial charge on any atom is -0.510 e. The second-order valence-corrected chi connectivity index (χ2v) is 3.67. The van der Waals surface area contributed by atoms with Crippen LogP contribution >= 0.6 is 0 Å². The van der Waals surface area contributed by atoms with Gasteiger partial charge in [-0.1, -0.05) is 0 Å². The van der Waals surface area contributed by atoms with Gasteiger partial charge in [-0.2, -0.15) is 0 Å². The molecule has 0 aliphatic carbocycles. The predicted octanol–water partition coefficient (Wildman–Crippen LogP) is 2.35. The van der Waals surface area contributed by atoms with Crippen molar-refractivity contribution < 1.29 is 5.11 Å². The Morgan fingerprint density at radius 2 is 2.20 bits per heavy atom. The summed E-state index contributed by atoms with van der Waals surface area (Å²) in [6.07, 6.45) is 5.45. The maximum Gasteiger partial charge on any atom is 0.112 e. The molecule has 3 heteroatoms. The van der Waals surface area contributed by atoms with Crippen LogP contribution in [0.2, 0.25) is 0 Å². The maximum absolute atomic E-state index is 9.41. The van der Waals surface area contributed by atoms with E-state index in [1.165, 1.54) is 0 Å². The highest BCUT2D eigenvalue weighted by molar-refractivity contribution is 5.60. The van der Waals surface area contributed by atoms with Crippen LogP contribution in [0.15, 0.2) is 42.3 Å². The molecule has 0 atom stereocenters. The molecule has 1 aromatic carbocycles. The third-order valence-electron chi connectivity index (χ3n) is 2.47. The van der Waals surface area contributed by atoms with Gasteiger partial charge in [-0.05, 0) is 42.8 Å². The molecule has 0 fully saturated rings. The molecule has 1 aromatic rings. The van der Waals surface area contributed by atoms with E-state index in [0.29, 0.717) is 12.3 Å². The maximum atomic E-state index is 9.41. The number of aliphatic hydroxyl groups excluding tert-OH is 1. The number of allylic oxidation sites excluding steroid dienone is 2. The Morgan fingerprint density at radius 3 is 2.87 bits per heavy atom. The lowest BCUT2D eigenvalue weighted by Gasteiger charge is -2.23. The van der Waals surface area contributed by atoms with E-state index in [9.17, 15) is 5.11 Å². The molecule has 0 spiro atoms. The second kappa shape index (κ2) is 3.69. The number of nitrogen functional groups attached to an aromatic ring is 1. The molecular weight excluding hydrogens is 188 g/mol. The van der Waals surface area contributed by atoms with Gasteiger partial charge in [0.2, 0.25) is 0 Å². The summed E-state index contributed by atoms with van der Waals surface area (Å²) in [6.45, 7) is 2.49. The molecule has 1 aliphatic rings. The minimum atomic E-state index is 0.368. The Balaban J connectivity index is 2.27. The van der Waals surface area contributed by atoms with E-state index in [0.717, 1.165) is 16.9 Å². The molecular formula is C12H14N2O. The van der Waals surface area contributed by atoms with Crippen molar-refractivity contribution in [2.45, 2.75) is 6.92 Å². The quantitative estimate of drug-likeness (QED) is 0.687. The lowest BCUT2D eigenvalue weighted by Crippen LogP contribution is -2.21. The SMILES string of the molecule is Cc1cc(N2C=CC=C(O)C2)ccc1N. The van der Waals surface area contributed by atoms with Crippen LogP contribution in [0.25, 0.3) is 0 Å². The van der Waals surface area contributed by atoms with Gasteiger partial charge in [-0.3, -0.25) is 0 Å². The first-order valence-corrected chi connectivity index (χ1v) is 4.86. The highest BCUT2D eigenvalue weighted by Gasteiger charge is 2.08. The van der Waals surface area contributed by atoms with Gasteiger partial charge in [0.15, 0.2) is 0 Å². The average Bonchev–Trinajstić information content (AvgIpc) is 2.22. The van der Waals surface area contributed by atoms with E-state index in [2.05, 4.69) is 0 Å². The summed E-state index contributed by atoms with van der Waals surface area (Å²) in [5.41, 5.74) is 8.63. The van der Waals surface area contributed by atoms with Crippen LogP contribution in [0, 0.1) is 6.92 Å². The highest BCUT2D eigenvalue weighted by Crippen LogP contribution is 2.22. The van der Waals surface area contributed by atoms with Crippen LogP contribution in [-0.4, -0.2) is 11.7 Å². The number of aliphatic hydroxyl groups is 1. The van der Waals surface area contributed by atoms with Crippen LogP contribution in [0.1, 0.15) is 5.56 Å². The monoisotopic (exact) mass is 202 g/mol. The summed E-state index contributed by atoms with van der Waals surface area (Å²) in [6, 6.07) is 5.84. The van der Waals surface area contributed by atoms with Crippen molar-refractivity contribution in [1.82, 2.24) is 0 Å². The Morgan fingerprint density at radius 1 is 1.40 bits per heavy atom. The Labute approximate surface area is 89.1 Å². The smallest absolute Gasteiger partial charge is 0.112 e. The summed E-state index contributed by atoms with van der Waals surface area (Å²) in [7, 11) is 0. The summed E-state index contributed by atoms with van der Waals surface area (Å²) in [4.78, 5) is 1.97. The molecule has 1 heterocycles. The van der Waals surface area contributed by atoms with Gasteiger partial charge in [0.05, 0.1) is 6.54 Å². The molecule has 0 radical (unpaired) electrons. The lowest BCUT2D eigenvalue weighted by molar-refractivity contribution is 0.401. The molecule has 1 aliphatic heterocycles. The molecule has 0 aromatic heterocycles. The second-order valence-electron chi connectivity index (χ2n) is 3.67. The summed E-state index contributed by atoms with van der Waals surface area (Å²) in [5.74, 6) is 0.368. The molecule has 0 unspecified atom stereocenters. The van der Waals surface area contributed by atoms with E-state index in [1.54, 1.807) is 6.08 Å². The zero-order valence-electron chi connectivity index (χ0n) is 8.64. The van der Waals surface area contributed by atoms with Gasteiger partial charge in [0, 0.05) is 17.6 Å². The van der Waals surface area contributed by atoms with Gasteiger partial charge in [0.25, 0.3) is 0 Å². The fourth-order valence-corrected chi connectivity index (χ4v) is 1.55. The topological polar surface area (TPSA) is 49.5 Å². The molecule has 2 rings (SSSR count). The van der Waals surface area contributed by atoms with E-state index in [1.807, 2.05) is 42.3 Å². The van der Waals surface area contributed by atoms with Crippen LogP contribution < -0.4 is 10.6 Å². The van der Waals surface area contributed by atoms with E-state index >= 15 is 0 Å². The summed E-state index contributed by atoms with van der Waals surface area (Å²) >= 11 is 0. The first kappa shape index (κ1) is 9.65. The first-order valence-electron chi connectivity index (χ1n) is 4.86. The number of hydrogen-bond donors (Lipinski definition) is 2. The number of anilines is 2. The highest BCUT2D eigenvalue weighted by atomic mass is 16.3. The van der Waals surface area contributed by atoms with E-state index < -0.39 is 0 Å². The molecule has 3 nitrogen and oxygen atoms in total. The predicted molar refractivity (Wildman–Crippen MR) is 62.8 cm³/mol. The Hall–Kier alpha value is -1.90. The van der Waals surface area contributed by atoms with Crippen molar-refractivity contribution in [1.29, 1.82) is 0 Å². The normalized spacial score (nSPS) is 15.3. The van der Waals surface area contributed by atoms with Crippen LogP contribution in [0.5, 0.6) is 0 Å². The Kier molecular flexibility index (Phi) is 2.37. The van der Waals surface area contributed by atoms with Crippen molar-refractivity contribution in [3.63, 3.8) is 0 Å². The molecule has 0 amide bonds. The van der Waals surface area contributed by atoms with Crippen molar-refractivity contribution in [2.24, 2.45) is 0 Å². The largest absolute Gasteiger partial charge is 0.510 e. The van der Waals surface area contributed by atoms with Crippen molar-refractivity contribution in [2.75, 3.05) is 17.2 Å². The van der Waals surface area contributed by atoms with Gasteiger partial charge >= 0.3 is 0 Å². The third-order valence-corrected chi connectivity index (χ3v) is 2.47. The van der Waals surface area contributed by atoms with Gasteiger partial charge in [-0.15, -0.1) is 0 Å². The lowest BCUT2D eigenvalue weighted by atomic mass is 10.1. The minimum absolute atomic E-state index is 0.368. The molecule has 0 bridgehead atoms. The summed E-state index contributed by atoms with van der Waals surface area (Å²) in [5, 5.41) is 9.41. The van der Waals surface area contributed by atoms with Gasteiger partial charge in [0.1, 0.15) is 5.76 Å². The first-order chi connectivity index (χ1) is 7.16. The standard InChI is InChI=1S/C12H14N2O/c1-9-7-10(4-5-12(9)13)14-6-2-3-11(15)8-14/h2-7,15H,8,13H2,1H3. The van der Waals surface area contributed by atoms with Crippen LogP contribution in [-0.2, 0) is 0 Å². The number of rotatable bonds is 1. The fraction of sp³-hybridized carbons (Fsp3) is 0.167. The molecule has 15 heavy (non-hydrogen) atoms. The van der Waals surface area contributed by atoms with Crippen LogP contribution in [0.3, 0.4) is 0 Å². The number of hydrogen-bond acceptors (Lipinski definition) is 3. The molecule has 3 N–H and O–H groups in total. The average molecular weight is 202 g/mol. The van der Waals surface area contributed by atoms with Crippen molar-refractivity contribution in [3.8, 4) is 0 Å². The van der Waals surface area contributed by atoms with Crippen LogP contribution in [0.4, 0.5) is 11.4 Å².